The van der Waals surface area contributed by atoms with Crippen LogP contribution in [0, 0.1) is 0 Å². The van der Waals surface area contributed by atoms with Crippen molar-refractivity contribution in [2.75, 3.05) is 5.32 Å². The molecule has 0 saturated heterocycles. The third kappa shape index (κ3) is 3.31. The fourth-order valence-electron chi connectivity index (χ4n) is 2.72. The zero-order chi connectivity index (χ0) is 16.6. The molecule has 0 saturated carbocycles. The van der Waals surface area contributed by atoms with E-state index in [9.17, 15) is 4.79 Å². The number of carbonyl (C=O) groups excluding carboxylic acids is 1. The van der Waals surface area contributed by atoms with E-state index < -0.39 is 0 Å². The lowest BCUT2D eigenvalue weighted by molar-refractivity contribution is 0.0972. The summed E-state index contributed by atoms with van der Waals surface area (Å²) in [6.45, 7) is 3.83. The Morgan fingerprint density at radius 3 is 2.48 bits per heavy atom. The van der Waals surface area contributed by atoms with Crippen LogP contribution in [0.3, 0.4) is 0 Å². The average Bonchev–Trinajstić information content (AvgIpc) is 2.50. The topological polar surface area (TPSA) is 38.3 Å². The van der Waals surface area contributed by atoms with Gasteiger partial charge in [0.05, 0.1) is 22.2 Å². The van der Waals surface area contributed by atoms with Crippen molar-refractivity contribution in [3.8, 4) is 5.75 Å². The molecule has 3 rings (SSSR count). The van der Waals surface area contributed by atoms with Gasteiger partial charge in [-0.15, -0.1) is 0 Å². The van der Waals surface area contributed by atoms with Gasteiger partial charge in [0.1, 0.15) is 0 Å². The summed E-state index contributed by atoms with van der Waals surface area (Å²) in [4.78, 5) is 12.3. The molecule has 1 aliphatic heterocycles. The summed E-state index contributed by atoms with van der Waals surface area (Å²) in [6.07, 6.45) is 0.353. The second-order valence-electron chi connectivity index (χ2n) is 5.85. The van der Waals surface area contributed by atoms with E-state index in [4.69, 9.17) is 27.9 Å². The van der Waals surface area contributed by atoms with E-state index in [0.29, 0.717) is 22.2 Å². The van der Waals surface area contributed by atoms with Crippen molar-refractivity contribution in [3.05, 3.63) is 57.6 Å². The summed E-state index contributed by atoms with van der Waals surface area (Å²) in [7, 11) is 0. The Labute approximate surface area is 145 Å². The van der Waals surface area contributed by atoms with E-state index in [1.165, 1.54) is 0 Å². The van der Waals surface area contributed by atoms with E-state index in [0.717, 1.165) is 16.8 Å². The van der Waals surface area contributed by atoms with Crippen LogP contribution < -0.4 is 10.1 Å². The number of rotatable bonds is 3. The van der Waals surface area contributed by atoms with Crippen LogP contribution in [0.1, 0.15) is 42.2 Å². The Hall–Kier alpha value is -1.71. The number of hydrogen-bond donors (Lipinski definition) is 1. The van der Waals surface area contributed by atoms with Gasteiger partial charge in [-0.05, 0) is 43.7 Å². The van der Waals surface area contributed by atoms with E-state index in [2.05, 4.69) is 5.32 Å². The van der Waals surface area contributed by atoms with Gasteiger partial charge in [-0.3, -0.25) is 4.79 Å². The van der Waals surface area contributed by atoms with Crippen LogP contribution in [0.25, 0.3) is 0 Å². The lowest BCUT2D eigenvalue weighted by Gasteiger charge is -2.27. The normalized spacial score (nSPS) is 16.9. The minimum absolute atomic E-state index is 0.0166. The summed E-state index contributed by atoms with van der Waals surface area (Å²) in [6, 6.07) is 11.0. The van der Waals surface area contributed by atoms with Gasteiger partial charge in [0.2, 0.25) is 0 Å². The molecule has 1 aliphatic rings. The van der Waals surface area contributed by atoms with E-state index in [-0.39, 0.29) is 17.9 Å². The predicted molar refractivity (Wildman–Crippen MR) is 94.0 cm³/mol. The van der Waals surface area contributed by atoms with Crippen molar-refractivity contribution >= 4 is 34.7 Å². The molecule has 3 nitrogen and oxygen atoms in total. The fraction of sp³-hybridized carbons (Fsp3) is 0.278. The number of benzene rings is 2. The molecule has 0 radical (unpaired) electrons. The standard InChI is InChI=1S/C18H17Cl2NO2/c1-10(2)23-18-13(19)7-11(8-14(18)20)16-9-17(22)12-5-3-4-6-15(12)21-16/h3-8,10,16,21H,9H2,1-2H3. The number of ether oxygens (including phenoxy) is 1. The monoisotopic (exact) mass is 349 g/mol. The maximum Gasteiger partial charge on any atom is 0.167 e. The van der Waals surface area contributed by atoms with Gasteiger partial charge in [-0.25, -0.2) is 0 Å². The highest BCUT2D eigenvalue weighted by atomic mass is 35.5. The Morgan fingerprint density at radius 1 is 1.17 bits per heavy atom. The first-order valence-electron chi connectivity index (χ1n) is 7.50. The second kappa shape index (κ2) is 6.42. The number of anilines is 1. The summed E-state index contributed by atoms with van der Waals surface area (Å²) >= 11 is 12.6. The zero-order valence-corrected chi connectivity index (χ0v) is 14.4. The molecule has 23 heavy (non-hydrogen) atoms. The smallest absolute Gasteiger partial charge is 0.167 e. The molecule has 0 amide bonds. The average molecular weight is 350 g/mol. The first-order valence-corrected chi connectivity index (χ1v) is 8.25. The number of Topliss-reactive ketones (excluding diaryl/α,β-unsaturated/α-hetero) is 1. The fourth-order valence-corrected chi connectivity index (χ4v) is 3.31. The Balaban J connectivity index is 1.93. The van der Waals surface area contributed by atoms with Crippen molar-refractivity contribution in [2.24, 2.45) is 0 Å². The quantitative estimate of drug-likeness (QED) is 0.792. The van der Waals surface area contributed by atoms with E-state index >= 15 is 0 Å². The van der Waals surface area contributed by atoms with Gasteiger partial charge >= 0.3 is 0 Å². The molecule has 0 bridgehead atoms. The molecule has 0 aliphatic carbocycles. The number of ketones is 1. The molecule has 0 spiro atoms. The van der Waals surface area contributed by atoms with Crippen molar-refractivity contribution in [1.29, 1.82) is 0 Å². The van der Waals surface area contributed by atoms with Crippen LogP contribution >= 0.6 is 23.2 Å². The van der Waals surface area contributed by atoms with Crippen molar-refractivity contribution in [3.63, 3.8) is 0 Å². The molecule has 5 heteroatoms. The molecule has 0 fully saturated rings. The Kier molecular flexibility index (Phi) is 4.51. The molecule has 2 aromatic carbocycles. The molecule has 1 atom stereocenters. The highest BCUT2D eigenvalue weighted by Gasteiger charge is 2.26. The zero-order valence-electron chi connectivity index (χ0n) is 12.9. The Morgan fingerprint density at radius 2 is 1.83 bits per heavy atom. The van der Waals surface area contributed by atoms with E-state index in [1.807, 2.05) is 50.2 Å². The first-order chi connectivity index (χ1) is 11.0. The number of para-hydroxylation sites is 1. The van der Waals surface area contributed by atoms with Crippen molar-refractivity contribution in [1.82, 2.24) is 0 Å². The lowest BCUT2D eigenvalue weighted by atomic mass is 9.92. The lowest BCUT2D eigenvalue weighted by Crippen LogP contribution is -2.22. The molecule has 1 heterocycles. The SMILES string of the molecule is CC(C)Oc1c(Cl)cc(C2CC(=O)c3ccccc3N2)cc1Cl. The summed E-state index contributed by atoms with van der Waals surface area (Å²) < 4.78 is 5.64. The molecule has 0 aromatic heterocycles. The van der Waals surface area contributed by atoms with Crippen LogP contribution in [0.5, 0.6) is 5.75 Å². The van der Waals surface area contributed by atoms with Gasteiger partial charge in [0.25, 0.3) is 0 Å². The van der Waals surface area contributed by atoms with Crippen LogP contribution in [-0.4, -0.2) is 11.9 Å². The minimum Gasteiger partial charge on any atom is -0.488 e. The number of halogens is 2. The molecular weight excluding hydrogens is 333 g/mol. The summed E-state index contributed by atoms with van der Waals surface area (Å²) in [5.74, 6) is 0.591. The number of nitrogens with one attached hydrogen (secondary N) is 1. The maximum absolute atomic E-state index is 12.3. The highest BCUT2D eigenvalue weighted by molar-refractivity contribution is 6.37. The van der Waals surface area contributed by atoms with Gasteiger partial charge in [-0.2, -0.15) is 0 Å². The third-order valence-corrected chi connectivity index (χ3v) is 4.28. The van der Waals surface area contributed by atoms with E-state index in [1.54, 1.807) is 0 Å². The van der Waals surface area contributed by atoms with Crippen LogP contribution in [0.2, 0.25) is 10.0 Å². The van der Waals surface area contributed by atoms with Crippen LogP contribution in [0.4, 0.5) is 5.69 Å². The summed E-state index contributed by atoms with van der Waals surface area (Å²) in [5.41, 5.74) is 2.43. The van der Waals surface area contributed by atoms with Crippen LogP contribution in [-0.2, 0) is 0 Å². The van der Waals surface area contributed by atoms with Gasteiger partial charge < -0.3 is 10.1 Å². The Bertz CT molecular complexity index is 735. The van der Waals surface area contributed by atoms with Gasteiger partial charge in [0.15, 0.2) is 11.5 Å². The highest BCUT2D eigenvalue weighted by Crippen LogP contribution is 2.39. The first kappa shape index (κ1) is 16.2. The molecule has 1 N–H and O–H groups in total. The molecule has 120 valence electrons. The van der Waals surface area contributed by atoms with Gasteiger partial charge in [-0.1, -0.05) is 35.3 Å². The number of fused-ring (bicyclic) bond motifs is 1. The summed E-state index contributed by atoms with van der Waals surface area (Å²) in [5, 5.41) is 4.29. The molecular formula is C18H17Cl2NO2. The number of hydrogen-bond acceptors (Lipinski definition) is 3. The van der Waals surface area contributed by atoms with Crippen molar-refractivity contribution < 1.29 is 9.53 Å². The largest absolute Gasteiger partial charge is 0.488 e. The molecule has 1 unspecified atom stereocenters. The molecule has 2 aromatic rings. The van der Waals surface area contributed by atoms with Crippen molar-refractivity contribution in [2.45, 2.75) is 32.4 Å². The third-order valence-electron chi connectivity index (χ3n) is 3.72. The minimum atomic E-state index is -0.152. The second-order valence-corrected chi connectivity index (χ2v) is 6.66. The number of carbonyl (C=O) groups is 1. The van der Waals surface area contributed by atoms with Gasteiger partial charge in [0, 0.05) is 17.7 Å². The maximum atomic E-state index is 12.3. The van der Waals surface area contributed by atoms with Crippen LogP contribution in [0.15, 0.2) is 36.4 Å². The predicted octanol–water partition coefficient (Wildman–Crippen LogP) is 5.52.